The fraction of sp³-hybridized carbons (Fsp3) is 0.583. The van der Waals surface area contributed by atoms with Gasteiger partial charge in [-0.3, -0.25) is 4.79 Å². The Labute approximate surface area is 96.8 Å². The molecule has 90 valence electrons. The fourth-order valence-electron chi connectivity index (χ4n) is 1.72. The van der Waals surface area contributed by atoms with E-state index in [0.29, 0.717) is 6.42 Å². The molecule has 0 unspecified atom stereocenters. The Morgan fingerprint density at radius 2 is 2.19 bits per heavy atom. The van der Waals surface area contributed by atoms with Crippen LogP contribution in [0.1, 0.15) is 29.8 Å². The van der Waals surface area contributed by atoms with E-state index in [1.807, 2.05) is 0 Å². The molecule has 0 bridgehead atoms. The number of nitrogens with zero attached hydrogens (tertiary/aromatic N) is 1. The minimum Gasteiger partial charge on any atom is -0.370 e. The maximum Gasteiger partial charge on any atom is 0.217 e. The van der Waals surface area contributed by atoms with E-state index in [-0.39, 0.29) is 5.91 Å². The van der Waals surface area contributed by atoms with Crippen LogP contribution in [0.25, 0.3) is 0 Å². The van der Waals surface area contributed by atoms with E-state index in [4.69, 9.17) is 5.73 Å². The first-order valence-electron chi connectivity index (χ1n) is 5.63. The molecule has 0 saturated carbocycles. The van der Waals surface area contributed by atoms with Gasteiger partial charge >= 0.3 is 0 Å². The maximum absolute atomic E-state index is 10.5. The van der Waals surface area contributed by atoms with Crippen LogP contribution >= 0.6 is 0 Å². The van der Waals surface area contributed by atoms with E-state index < -0.39 is 0 Å². The maximum atomic E-state index is 10.5. The van der Waals surface area contributed by atoms with Gasteiger partial charge in [-0.2, -0.15) is 0 Å². The molecule has 0 fully saturated rings. The molecule has 1 amide bonds. The third-order valence-corrected chi connectivity index (χ3v) is 2.97. The zero-order valence-corrected chi connectivity index (χ0v) is 10.3. The number of amides is 1. The predicted molar refractivity (Wildman–Crippen MR) is 65.0 cm³/mol. The van der Waals surface area contributed by atoms with Crippen LogP contribution in [0.3, 0.4) is 0 Å². The Balaban J connectivity index is 2.32. The first-order valence-corrected chi connectivity index (χ1v) is 5.63. The number of hydrogen-bond donors (Lipinski definition) is 2. The van der Waals surface area contributed by atoms with E-state index in [1.54, 1.807) is 0 Å². The summed E-state index contributed by atoms with van der Waals surface area (Å²) < 4.78 is 2.18. The second-order valence-electron chi connectivity index (χ2n) is 4.20. The van der Waals surface area contributed by atoms with Crippen LogP contribution in [0.5, 0.6) is 0 Å². The number of rotatable bonds is 6. The van der Waals surface area contributed by atoms with Gasteiger partial charge < -0.3 is 15.6 Å². The molecule has 0 spiro atoms. The molecule has 0 aliphatic rings. The number of hydrogen-bond acceptors (Lipinski definition) is 2. The van der Waals surface area contributed by atoms with Gasteiger partial charge in [0.05, 0.1) is 0 Å². The minimum absolute atomic E-state index is 0.228. The highest BCUT2D eigenvalue weighted by atomic mass is 16.1. The molecule has 1 aromatic rings. The Bertz CT molecular complexity index is 369. The van der Waals surface area contributed by atoms with Gasteiger partial charge in [0.15, 0.2) is 0 Å². The largest absolute Gasteiger partial charge is 0.370 e. The molecule has 1 aromatic heterocycles. The minimum atomic E-state index is -0.228. The second-order valence-corrected chi connectivity index (χ2v) is 4.20. The summed E-state index contributed by atoms with van der Waals surface area (Å²) in [6, 6.07) is 2.19. The van der Waals surface area contributed by atoms with Crippen molar-refractivity contribution in [1.29, 1.82) is 0 Å². The zero-order valence-electron chi connectivity index (χ0n) is 10.3. The van der Waals surface area contributed by atoms with Gasteiger partial charge in [-0.1, -0.05) is 0 Å². The molecule has 1 rings (SSSR count). The normalized spacial score (nSPS) is 10.7. The monoisotopic (exact) mass is 223 g/mol. The highest BCUT2D eigenvalue weighted by Gasteiger charge is 2.04. The molecular weight excluding hydrogens is 202 g/mol. The Kier molecular flexibility index (Phi) is 4.55. The number of carbonyl (C=O) groups is 1. The number of nitrogens with two attached hydrogens (primary N) is 1. The Hall–Kier alpha value is -1.29. The Morgan fingerprint density at radius 3 is 2.69 bits per heavy atom. The smallest absolute Gasteiger partial charge is 0.217 e. The number of nitrogens with one attached hydrogen (secondary N) is 1. The summed E-state index contributed by atoms with van der Waals surface area (Å²) in [7, 11) is 2.07. The van der Waals surface area contributed by atoms with Crippen LogP contribution in [-0.4, -0.2) is 17.0 Å². The average Bonchev–Trinajstić information content (AvgIpc) is 2.45. The SMILES string of the molecule is Cc1cc(CNCCCC(N)=O)c(C)n1C. The third-order valence-electron chi connectivity index (χ3n) is 2.97. The summed E-state index contributed by atoms with van der Waals surface area (Å²) in [5.74, 6) is -0.228. The number of aryl methyl sites for hydroxylation is 1. The van der Waals surface area contributed by atoms with Crippen LogP contribution in [-0.2, 0) is 18.4 Å². The summed E-state index contributed by atoms with van der Waals surface area (Å²) in [6.07, 6.45) is 1.26. The summed E-state index contributed by atoms with van der Waals surface area (Å²) in [5.41, 5.74) is 8.94. The highest BCUT2D eigenvalue weighted by molar-refractivity contribution is 5.73. The van der Waals surface area contributed by atoms with Gasteiger partial charge in [0.2, 0.25) is 5.91 Å². The molecule has 0 saturated heterocycles. The van der Waals surface area contributed by atoms with Gasteiger partial charge in [-0.15, -0.1) is 0 Å². The van der Waals surface area contributed by atoms with Crippen molar-refractivity contribution >= 4 is 5.91 Å². The molecule has 0 aliphatic heterocycles. The van der Waals surface area contributed by atoms with Crippen molar-refractivity contribution in [2.24, 2.45) is 12.8 Å². The van der Waals surface area contributed by atoms with Gasteiger partial charge in [-0.05, 0) is 38.4 Å². The quantitative estimate of drug-likeness (QED) is 0.707. The van der Waals surface area contributed by atoms with Gasteiger partial charge in [0.1, 0.15) is 0 Å². The van der Waals surface area contributed by atoms with E-state index in [1.165, 1.54) is 17.0 Å². The lowest BCUT2D eigenvalue weighted by Gasteiger charge is -2.04. The van der Waals surface area contributed by atoms with Crippen LogP contribution in [0, 0.1) is 13.8 Å². The first-order chi connectivity index (χ1) is 7.52. The van der Waals surface area contributed by atoms with E-state index >= 15 is 0 Å². The molecule has 3 N–H and O–H groups in total. The van der Waals surface area contributed by atoms with Crippen molar-refractivity contribution in [2.45, 2.75) is 33.2 Å². The topological polar surface area (TPSA) is 60.0 Å². The molecule has 0 atom stereocenters. The number of carbonyl (C=O) groups excluding carboxylic acids is 1. The lowest BCUT2D eigenvalue weighted by Crippen LogP contribution is -2.18. The van der Waals surface area contributed by atoms with Crippen LogP contribution in [0.2, 0.25) is 0 Å². The van der Waals surface area contributed by atoms with Gasteiger partial charge in [0, 0.05) is 31.4 Å². The summed E-state index contributed by atoms with van der Waals surface area (Å²) in [6.45, 7) is 5.90. The molecule has 0 aromatic carbocycles. The van der Waals surface area contributed by atoms with Gasteiger partial charge in [-0.25, -0.2) is 0 Å². The molecule has 4 heteroatoms. The average molecular weight is 223 g/mol. The number of primary amides is 1. The predicted octanol–water partition coefficient (Wildman–Crippen LogP) is 0.997. The van der Waals surface area contributed by atoms with Crippen molar-refractivity contribution in [3.05, 3.63) is 23.0 Å². The Morgan fingerprint density at radius 1 is 1.50 bits per heavy atom. The van der Waals surface area contributed by atoms with Gasteiger partial charge in [0.25, 0.3) is 0 Å². The lowest BCUT2D eigenvalue weighted by molar-refractivity contribution is -0.118. The van der Waals surface area contributed by atoms with Crippen LogP contribution < -0.4 is 11.1 Å². The molecular formula is C12H21N3O. The summed E-state index contributed by atoms with van der Waals surface area (Å²) in [5, 5.41) is 3.32. The summed E-state index contributed by atoms with van der Waals surface area (Å²) >= 11 is 0. The standard InChI is InChI=1S/C12H21N3O/c1-9-7-11(10(2)15(9)3)8-14-6-4-5-12(13)16/h7,14H,4-6,8H2,1-3H3,(H2,13,16). The molecule has 4 nitrogen and oxygen atoms in total. The number of aromatic nitrogens is 1. The zero-order chi connectivity index (χ0) is 12.1. The van der Waals surface area contributed by atoms with E-state index in [0.717, 1.165) is 19.5 Å². The molecule has 1 heterocycles. The lowest BCUT2D eigenvalue weighted by atomic mass is 10.2. The molecule has 0 radical (unpaired) electrons. The van der Waals surface area contributed by atoms with Crippen molar-refractivity contribution in [3.63, 3.8) is 0 Å². The first kappa shape index (κ1) is 12.8. The van der Waals surface area contributed by atoms with Crippen LogP contribution in [0.4, 0.5) is 0 Å². The van der Waals surface area contributed by atoms with Crippen molar-refractivity contribution in [3.8, 4) is 0 Å². The second kappa shape index (κ2) is 5.70. The highest BCUT2D eigenvalue weighted by Crippen LogP contribution is 2.12. The molecule has 0 aliphatic carbocycles. The van der Waals surface area contributed by atoms with Crippen molar-refractivity contribution in [2.75, 3.05) is 6.54 Å². The van der Waals surface area contributed by atoms with Crippen LogP contribution in [0.15, 0.2) is 6.07 Å². The van der Waals surface area contributed by atoms with E-state index in [9.17, 15) is 4.79 Å². The third kappa shape index (κ3) is 3.38. The fourth-order valence-corrected chi connectivity index (χ4v) is 1.72. The molecule has 16 heavy (non-hydrogen) atoms. The van der Waals surface area contributed by atoms with E-state index in [2.05, 4.69) is 36.8 Å². The van der Waals surface area contributed by atoms with Crippen molar-refractivity contribution < 1.29 is 4.79 Å². The van der Waals surface area contributed by atoms with Crippen molar-refractivity contribution in [1.82, 2.24) is 9.88 Å². The summed E-state index contributed by atoms with van der Waals surface area (Å²) in [4.78, 5) is 10.5.